The summed E-state index contributed by atoms with van der Waals surface area (Å²) in [4.78, 5) is 25.0. The fourth-order valence-corrected chi connectivity index (χ4v) is 4.70. The molecular weight excluding hydrogens is 488 g/mol. The zero-order valence-corrected chi connectivity index (χ0v) is 18.8. The Morgan fingerprint density at radius 1 is 1.03 bits per heavy atom. The zero-order valence-electron chi connectivity index (χ0n) is 16.4. The number of aromatic carboxylic acids is 1. The molecule has 0 saturated carbocycles. The van der Waals surface area contributed by atoms with E-state index in [1.807, 2.05) is 4.90 Å². The largest absolute Gasteiger partial charge is 0.478 e. The molecule has 0 atom stereocenters. The predicted molar refractivity (Wildman–Crippen MR) is 118 cm³/mol. The Bertz CT molecular complexity index is 1060. The summed E-state index contributed by atoms with van der Waals surface area (Å²) in [5, 5.41) is 12.7. The van der Waals surface area contributed by atoms with Crippen molar-refractivity contribution in [2.45, 2.75) is 4.90 Å². The molecule has 1 saturated heterocycles. The Kier molecular flexibility index (Phi) is 7.55. The maximum absolute atomic E-state index is 12.7. The number of sulfonamides is 1. The molecule has 0 aromatic heterocycles. The molecule has 0 bridgehead atoms. The number of hydrogen-bond donors (Lipinski definition) is 2. The first-order valence-corrected chi connectivity index (χ1v) is 11.6. The molecule has 31 heavy (non-hydrogen) atoms. The van der Waals surface area contributed by atoms with Gasteiger partial charge in [0, 0.05) is 30.7 Å². The molecule has 9 nitrogen and oxygen atoms in total. The van der Waals surface area contributed by atoms with Gasteiger partial charge in [-0.2, -0.15) is 9.41 Å². The van der Waals surface area contributed by atoms with Crippen molar-refractivity contribution in [2.24, 2.45) is 5.10 Å². The molecule has 1 aliphatic rings. The molecule has 0 unspecified atom stereocenters. The van der Waals surface area contributed by atoms with Crippen LogP contribution >= 0.6 is 15.9 Å². The molecule has 1 aliphatic heterocycles. The molecule has 2 aromatic rings. The Balaban J connectivity index is 1.46. The molecule has 2 aromatic carbocycles. The van der Waals surface area contributed by atoms with Crippen molar-refractivity contribution >= 4 is 44.0 Å². The maximum Gasteiger partial charge on any atom is 0.335 e. The number of carboxylic acids is 1. The number of piperazine rings is 1. The number of halogens is 1. The summed E-state index contributed by atoms with van der Waals surface area (Å²) in [6, 6.07) is 12.6. The number of hydrazone groups is 1. The van der Waals surface area contributed by atoms with E-state index in [1.54, 1.807) is 36.4 Å². The van der Waals surface area contributed by atoms with Crippen LogP contribution in [0.3, 0.4) is 0 Å². The van der Waals surface area contributed by atoms with Crippen LogP contribution in [-0.4, -0.2) is 73.5 Å². The van der Waals surface area contributed by atoms with Gasteiger partial charge in [-0.3, -0.25) is 9.69 Å². The number of carbonyl (C=O) groups is 2. The Labute approximate surface area is 188 Å². The highest BCUT2D eigenvalue weighted by Crippen LogP contribution is 2.20. The third kappa shape index (κ3) is 6.20. The monoisotopic (exact) mass is 508 g/mol. The normalized spacial score (nSPS) is 15.8. The lowest BCUT2D eigenvalue weighted by Gasteiger charge is -2.33. The van der Waals surface area contributed by atoms with Crippen molar-refractivity contribution in [1.29, 1.82) is 0 Å². The van der Waals surface area contributed by atoms with Crippen molar-refractivity contribution in [3.05, 3.63) is 64.1 Å². The van der Waals surface area contributed by atoms with Crippen LogP contribution in [-0.2, 0) is 14.8 Å². The highest BCUT2D eigenvalue weighted by molar-refractivity contribution is 9.10. The van der Waals surface area contributed by atoms with Gasteiger partial charge >= 0.3 is 5.97 Å². The summed E-state index contributed by atoms with van der Waals surface area (Å²) in [6.45, 7) is 1.56. The fraction of sp³-hybridized carbons (Fsp3) is 0.250. The smallest absolute Gasteiger partial charge is 0.335 e. The molecule has 0 aliphatic carbocycles. The van der Waals surface area contributed by atoms with Gasteiger partial charge in [-0.1, -0.05) is 28.1 Å². The molecule has 0 spiro atoms. The van der Waals surface area contributed by atoms with Crippen LogP contribution in [0.25, 0.3) is 0 Å². The van der Waals surface area contributed by atoms with Crippen LogP contribution in [0, 0.1) is 0 Å². The van der Waals surface area contributed by atoms with Gasteiger partial charge in [0.05, 0.1) is 23.2 Å². The van der Waals surface area contributed by atoms with Gasteiger partial charge < -0.3 is 5.11 Å². The maximum atomic E-state index is 12.7. The third-order valence-corrected chi connectivity index (χ3v) is 7.15. The van der Waals surface area contributed by atoms with E-state index in [2.05, 4.69) is 26.5 Å². The lowest BCUT2D eigenvalue weighted by atomic mass is 10.1. The van der Waals surface area contributed by atoms with E-state index >= 15 is 0 Å². The van der Waals surface area contributed by atoms with Gasteiger partial charge in [-0.25, -0.2) is 18.6 Å². The Morgan fingerprint density at radius 2 is 1.65 bits per heavy atom. The summed E-state index contributed by atoms with van der Waals surface area (Å²) in [7, 11) is -3.56. The van der Waals surface area contributed by atoms with Crippen molar-refractivity contribution in [3.63, 3.8) is 0 Å². The lowest BCUT2D eigenvalue weighted by molar-refractivity contribution is -0.122. The van der Waals surface area contributed by atoms with E-state index in [1.165, 1.54) is 22.7 Å². The van der Waals surface area contributed by atoms with Gasteiger partial charge in [0.1, 0.15) is 0 Å². The van der Waals surface area contributed by atoms with E-state index in [0.29, 0.717) is 31.7 Å². The molecule has 1 fully saturated rings. The SMILES string of the molecule is O=C(CN1CCN(S(=O)(=O)c2ccc(Br)cc2)CC1)NN=Cc1ccc(C(=O)O)cc1. The average Bonchev–Trinajstić information content (AvgIpc) is 2.75. The van der Waals surface area contributed by atoms with Crippen LogP contribution in [0.2, 0.25) is 0 Å². The predicted octanol–water partition coefficient (Wildman–Crippen LogP) is 1.60. The van der Waals surface area contributed by atoms with E-state index < -0.39 is 16.0 Å². The first-order chi connectivity index (χ1) is 14.8. The average molecular weight is 509 g/mol. The summed E-state index contributed by atoms with van der Waals surface area (Å²) in [5.41, 5.74) is 3.24. The Hall–Kier alpha value is -2.60. The van der Waals surface area contributed by atoms with Gasteiger partial charge in [-0.15, -0.1) is 0 Å². The van der Waals surface area contributed by atoms with Crippen molar-refractivity contribution in [1.82, 2.24) is 14.6 Å². The summed E-state index contributed by atoms with van der Waals surface area (Å²) >= 11 is 3.29. The summed E-state index contributed by atoms with van der Waals surface area (Å²) in [6.07, 6.45) is 1.42. The summed E-state index contributed by atoms with van der Waals surface area (Å²) in [5.74, 6) is -1.33. The van der Waals surface area contributed by atoms with E-state index in [0.717, 1.165) is 4.47 Å². The minimum absolute atomic E-state index is 0.0987. The first kappa shape index (κ1) is 23.1. The second-order valence-corrected chi connectivity index (χ2v) is 9.71. The number of rotatable bonds is 7. The van der Waals surface area contributed by atoms with Crippen LogP contribution < -0.4 is 5.43 Å². The molecule has 164 valence electrons. The first-order valence-electron chi connectivity index (χ1n) is 9.39. The van der Waals surface area contributed by atoms with E-state index in [4.69, 9.17) is 5.11 Å². The number of benzene rings is 2. The topological polar surface area (TPSA) is 119 Å². The molecule has 0 radical (unpaired) electrons. The van der Waals surface area contributed by atoms with Crippen LogP contribution in [0.1, 0.15) is 15.9 Å². The second kappa shape index (κ2) is 10.1. The van der Waals surface area contributed by atoms with Gasteiger partial charge in [0.25, 0.3) is 5.91 Å². The number of nitrogens with zero attached hydrogens (tertiary/aromatic N) is 3. The number of carbonyl (C=O) groups excluding carboxylic acids is 1. The lowest BCUT2D eigenvalue weighted by Crippen LogP contribution is -2.50. The van der Waals surface area contributed by atoms with Gasteiger partial charge in [0.15, 0.2) is 0 Å². The van der Waals surface area contributed by atoms with E-state index in [9.17, 15) is 18.0 Å². The van der Waals surface area contributed by atoms with Crippen LogP contribution in [0.15, 0.2) is 63.0 Å². The molecule has 1 heterocycles. The van der Waals surface area contributed by atoms with Crippen molar-refractivity contribution < 1.29 is 23.1 Å². The van der Waals surface area contributed by atoms with Crippen LogP contribution in [0.4, 0.5) is 0 Å². The van der Waals surface area contributed by atoms with Gasteiger partial charge in [0.2, 0.25) is 10.0 Å². The standard InChI is InChI=1S/C20H21BrN4O5S/c21-17-5-7-18(8-6-17)31(29,30)25-11-9-24(10-12-25)14-19(26)23-22-13-15-1-3-16(4-2-15)20(27)28/h1-8,13H,9-12,14H2,(H,23,26)(H,27,28). The Morgan fingerprint density at radius 3 is 2.23 bits per heavy atom. The number of nitrogens with one attached hydrogen (secondary N) is 1. The summed E-state index contributed by atoms with van der Waals surface area (Å²) < 4.78 is 27.7. The molecule has 1 amide bonds. The molecule has 11 heteroatoms. The molecule has 2 N–H and O–H groups in total. The highest BCUT2D eigenvalue weighted by Gasteiger charge is 2.28. The number of amides is 1. The minimum Gasteiger partial charge on any atom is -0.478 e. The fourth-order valence-electron chi connectivity index (χ4n) is 3.01. The zero-order chi connectivity index (χ0) is 22.4. The second-order valence-electron chi connectivity index (χ2n) is 6.85. The molecule has 3 rings (SSSR count). The van der Waals surface area contributed by atoms with Crippen molar-refractivity contribution in [2.75, 3.05) is 32.7 Å². The quantitative estimate of drug-likeness (QED) is 0.433. The highest BCUT2D eigenvalue weighted by atomic mass is 79.9. The molecular formula is C20H21BrN4O5S. The van der Waals surface area contributed by atoms with E-state index in [-0.39, 0.29) is 22.9 Å². The third-order valence-electron chi connectivity index (χ3n) is 4.71. The van der Waals surface area contributed by atoms with Crippen LogP contribution in [0.5, 0.6) is 0 Å². The van der Waals surface area contributed by atoms with Crippen molar-refractivity contribution in [3.8, 4) is 0 Å². The number of hydrogen-bond acceptors (Lipinski definition) is 6. The van der Waals surface area contributed by atoms with Gasteiger partial charge in [-0.05, 0) is 42.0 Å². The minimum atomic E-state index is -3.56. The number of carboxylic acid groups (broad SMARTS) is 1.